The molecular weight excluding hydrogens is 218 g/mol. The molecule has 0 heterocycles. The predicted octanol–water partition coefficient (Wildman–Crippen LogP) is 2.10. The second kappa shape index (κ2) is 4.79. The second-order valence-electron chi connectivity index (χ2n) is 2.83. The lowest BCUT2D eigenvalue weighted by molar-refractivity contribution is 0.312. The van der Waals surface area contributed by atoms with Crippen LogP contribution in [0.15, 0.2) is 29.4 Å². The maximum absolute atomic E-state index is 10.7. The van der Waals surface area contributed by atoms with Crippen molar-refractivity contribution in [3.63, 3.8) is 0 Å². The van der Waals surface area contributed by atoms with E-state index in [1.165, 1.54) is 0 Å². The van der Waals surface area contributed by atoms with Gasteiger partial charge in [-0.2, -0.15) is 8.42 Å². The summed E-state index contributed by atoms with van der Waals surface area (Å²) in [4.78, 5) is 2.62. The molecule has 1 rings (SSSR count). The van der Waals surface area contributed by atoms with Gasteiger partial charge in [0.2, 0.25) is 0 Å². The second-order valence-corrected chi connectivity index (χ2v) is 4.47. The predicted molar refractivity (Wildman–Crippen MR) is 54.9 cm³/mol. The van der Waals surface area contributed by atoms with E-state index < -0.39 is 10.1 Å². The first-order valence-corrected chi connectivity index (χ1v) is 5.81. The molecule has 15 heavy (non-hydrogen) atoms. The molecule has 0 aliphatic rings. The zero-order chi connectivity index (χ0) is 11.3. The SMILES string of the molecule is CS(=O)(=O)OCc1cccc(N=[N+]=[N-])c1. The van der Waals surface area contributed by atoms with E-state index in [0.29, 0.717) is 11.3 Å². The quantitative estimate of drug-likeness (QED) is 0.341. The lowest BCUT2D eigenvalue weighted by Crippen LogP contribution is -2.02. The Hall–Kier alpha value is -1.56. The van der Waals surface area contributed by atoms with Crippen LogP contribution >= 0.6 is 0 Å². The fraction of sp³-hybridized carbons (Fsp3) is 0.250. The Balaban J connectivity index is 2.78. The fourth-order valence-corrected chi connectivity index (χ4v) is 1.29. The van der Waals surface area contributed by atoms with Crippen molar-refractivity contribution in [1.29, 1.82) is 0 Å². The molecule has 0 spiro atoms. The van der Waals surface area contributed by atoms with E-state index in [1.54, 1.807) is 24.3 Å². The molecular formula is C8H9N3O3S. The molecule has 0 fully saturated rings. The van der Waals surface area contributed by atoms with Crippen molar-refractivity contribution in [3.8, 4) is 0 Å². The van der Waals surface area contributed by atoms with E-state index in [4.69, 9.17) is 5.53 Å². The van der Waals surface area contributed by atoms with Crippen LogP contribution in [0, 0.1) is 0 Å². The third-order valence-corrected chi connectivity index (χ3v) is 2.06. The minimum Gasteiger partial charge on any atom is -0.265 e. The first-order valence-electron chi connectivity index (χ1n) is 4.00. The van der Waals surface area contributed by atoms with Crippen LogP contribution in [-0.4, -0.2) is 14.7 Å². The Labute approximate surface area is 87.2 Å². The molecule has 80 valence electrons. The van der Waals surface area contributed by atoms with Crippen molar-refractivity contribution >= 4 is 15.8 Å². The highest BCUT2D eigenvalue weighted by atomic mass is 32.2. The monoisotopic (exact) mass is 227 g/mol. The number of rotatable bonds is 4. The average Bonchev–Trinajstić information content (AvgIpc) is 2.15. The van der Waals surface area contributed by atoms with Crippen LogP contribution in [0.25, 0.3) is 10.4 Å². The lowest BCUT2D eigenvalue weighted by atomic mass is 10.2. The van der Waals surface area contributed by atoms with E-state index in [9.17, 15) is 8.42 Å². The normalized spacial score (nSPS) is 10.7. The Morgan fingerprint density at radius 1 is 1.53 bits per heavy atom. The summed E-state index contributed by atoms with van der Waals surface area (Å²) in [5.74, 6) is 0. The summed E-state index contributed by atoms with van der Waals surface area (Å²) < 4.78 is 26.0. The summed E-state index contributed by atoms with van der Waals surface area (Å²) in [6.45, 7) is -0.0619. The minimum absolute atomic E-state index is 0.0619. The van der Waals surface area contributed by atoms with Gasteiger partial charge in [0.25, 0.3) is 10.1 Å². The molecule has 1 aromatic carbocycles. The van der Waals surface area contributed by atoms with Gasteiger partial charge in [-0.1, -0.05) is 23.3 Å². The van der Waals surface area contributed by atoms with Gasteiger partial charge in [0.05, 0.1) is 12.9 Å². The molecule has 0 unspecified atom stereocenters. The molecule has 0 aliphatic heterocycles. The Bertz CT molecular complexity index is 492. The molecule has 0 saturated carbocycles. The van der Waals surface area contributed by atoms with Crippen LogP contribution in [-0.2, 0) is 20.9 Å². The van der Waals surface area contributed by atoms with Gasteiger partial charge >= 0.3 is 0 Å². The molecule has 0 aliphatic carbocycles. The highest BCUT2D eigenvalue weighted by Gasteiger charge is 2.02. The van der Waals surface area contributed by atoms with Crippen molar-refractivity contribution < 1.29 is 12.6 Å². The molecule has 0 aromatic heterocycles. The molecule has 7 heteroatoms. The van der Waals surface area contributed by atoms with Crippen molar-refractivity contribution in [2.24, 2.45) is 5.11 Å². The van der Waals surface area contributed by atoms with Crippen LogP contribution in [0.1, 0.15) is 5.56 Å². The molecule has 0 saturated heterocycles. The number of benzene rings is 1. The number of nitrogens with zero attached hydrogens (tertiary/aromatic N) is 3. The zero-order valence-corrected chi connectivity index (χ0v) is 8.81. The van der Waals surface area contributed by atoms with Crippen LogP contribution < -0.4 is 0 Å². The minimum atomic E-state index is -3.45. The van der Waals surface area contributed by atoms with Crippen molar-refractivity contribution in [2.45, 2.75) is 6.61 Å². The highest BCUT2D eigenvalue weighted by Crippen LogP contribution is 2.15. The number of hydrogen-bond donors (Lipinski definition) is 0. The summed E-state index contributed by atoms with van der Waals surface area (Å²) >= 11 is 0. The maximum atomic E-state index is 10.7. The van der Waals surface area contributed by atoms with E-state index in [-0.39, 0.29) is 6.61 Å². The molecule has 0 radical (unpaired) electrons. The Kier molecular flexibility index (Phi) is 3.68. The van der Waals surface area contributed by atoms with Crippen molar-refractivity contribution in [1.82, 2.24) is 0 Å². The van der Waals surface area contributed by atoms with Crippen LogP contribution in [0.5, 0.6) is 0 Å². The summed E-state index contributed by atoms with van der Waals surface area (Å²) in [5, 5.41) is 3.39. The van der Waals surface area contributed by atoms with Gasteiger partial charge in [-0.3, -0.25) is 4.18 Å². The van der Waals surface area contributed by atoms with Crippen LogP contribution in [0.4, 0.5) is 5.69 Å². The standard InChI is InChI=1S/C8H9N3O3S/c1-15(12,13)14-6-7-3-2-4-8(5-7)10-11-9/h2-5H,6H2,1H3. The van der Waals surface area contributed by atoms with Crippen molar-refractivity contribution in [3.05, 3.63) is 40.3 Å². The summed E-state index contributed by atoms with van der Waals surface area (Å²) in [5.41, 5.74) is 9.25. The van der Waals surface area contributed by atoms with Gasteiger partial charge < -0.3 is 0 Å². The largest absolute Gasteiger partial charge is 0.265 e. The van der Waals surface area contributed by atoms with Gasteiger partial charge in [-0.05, 0) is 17.2 Å². The number of hydrogen-bond acceptors (Lipinski definition) is 4. The van der Waals surface area contributed by atoms with E-state index >= 15 is 0 Å². The van der Waals surface area contributed by atoms with Crippen molar-refractivity contribution in [2.75, 3.05) is 6.26 Å². The Morgan fingerprint density at radius 3 is 2.87 bits per heavy atom. The van der Waals surface area contributed by atoms with E-state index in [2.05, 4.69) is 14.2 Å². The van der Waals surface area contributed by atoms with Crippen LogP contribution in [0.3, 0.4) is 0 Å². The first kappa shape index (κ1) is 11.5. The topological polar surface area (TPSA) is 92.1 Å². The van der Waals surface area contributed by atoms with Gasteiger partial charge in [-0.25, -0.2) is 0 Å². The van der Waals surface area contributed by atoms with E-state index in [0.717, 1.165) is 6.26 Å². The highest BCUT2D eigenvalue weighted by molar-refractivity contribution is 7.85. The van der Waals surface area contributed by atoms with Gasteiger partial charge in [-0.15, -0.1) is 0 Å². The molecule has 6 nitrogen and oxygen atoms in total. The van der Waals surface area contributed by atoms with E-state index in [1.807, 2.05) is 0 Å². The average molecular weight is 227 g/mol. The third-order valence-electron chi connectivity index (χ3n) is 1.51. The summed E-state index contributed by atoms with van der Waals surface area (Å²) in [6.07, 6.45) is 0.976. The smallest absolute Gasteiger partial charge is 0.264 e. The fourth-order valence-electron chi connectivity index (χ4n) is 0.935. The summed E-state index contributed by atoms with van der Waals surface area (Å²) in [7, 11) is -3.45. The lowest BCUT2D eigenvalue weighted by Gasteiger charge is -2.01. The van der Waals surface area contributed by atoms with Gasteiger partial charge in [0.15, 0.2) is 0 Å². The molecule has 0 N–H and O–H groups in total. The van der Waals surface area contributed by atoms with Gasteiger partial charge in [0, 0.05) is 10.6 Å². The molecule has 1 aromatic rings. The summed E-state index contributed by atoms with van der Waals surface area (Å²) in [6, 6.07) is 6.52. The van der Waals surface area contributed by atoms with Gasteiger partial charge in [0.1, 0.15) is 0 Å². The maximum Gasteiger partial charge on any atom is 0.264 e. The van der Waals surface area contributed by atoms with Crippen LogP contribution in [0.2, 0.25) is 0 Å². The third kappa shape index (κ3) is 4.46. The Morgan fingerprint density at radius 2 is 2.27 bits per heavy atom. The molecule has 0 atom stereocenters. The number of azide groups is 1. The zero-order valence-electron chi connectivity index (χ0n) is 7.99. The first-order chi connectivity index (χ1) is 7.01. The molecule has 0 amide bonds. The molecule has 0 bridgehead atoms.